The minimum atomic E-state index is -0.758. The van der Waals surface area contributed by atoms with Gasteiger partial charge in [0.25, 0.3) is 5.56 Å². The molecule has 2 heterocycles. The van der Waals surface area contributed by atoms with Gasteiger partial charge in [-0.1, -0.05) is 59.9 Å². The summed E-state index contributed by atoms with van der Waals surface area (Å²) in [6.45, 7) is 7.61. The van der Waals surface area contributed by atoms with Gasteiger partial charge in [-0.15, -0.1) is 0 Å². The van der Waals surface area contributed by atoms with Crippen LogP contribution in [0, 0.1) is 0 Å². The fourth-order valence-corrected chi connectivity index (χ4v) is 5.92. The molecule has 0 saturated heterocycles. The summed E-state index contributed by atoms with van der Waals surface area (Å²) in [6.07, 6.45) is 1.75. The van der Waals surface area contributed by atoms with Gasteiger partial charge in [-0.25, -0.2) is 9.79 Å². The average Bonchev–Trinajstić information content (AvgIpc) is 3.22. The summed E-state index contributed by atoms with van der Waals surface area (Å²) in [4.78, 5) is 32.6. The molecule has 0 aliphatic carbocycles. The van der Waals surface area contributed by atoms with E-state index in [0.29, 0.717) is 37.7 Å². The third-order valence-electron chi connectivity index (χ3n) is 6.52. The second-order valence-electron chi connectivity index (χ2n) is 9.41. The number of rotatable bonds is 7. The largest absolute Gasteiger partial charge is 0.496 e. The predicted molar refractivity (Wildman–Crippen MR) is 153 cm³/mol. The maximum absolute atomic E-state index is 14.1. The van der Waals surface area contributed by atoms with Crippen molar-refractivity contribution in [2.45, 2.75) is 39.8 Å². The molecule has 1 aliphatic rings. The summed E-state index contributed by atoms with van der Waals surface area (Å²) in [5, 5.41) is 2.01. The molecule has 3 aromatic carbocycles. The highest BCUT2D eigenvalue weighted by atomic mass is 32.1. The Hall–Kier alpha value is -4.17. The van der Waals surface area contributed by atoms with Crippen LogP contribution in [0.1, 0.15) is 44.9 Å². The number of hydrogen-bond acceptors (Lipinski definition) is 7. The molecule has 1 aliphatic heterocycles. The second-order valence-corrected chi connectivity index (χ2v) is 10.4. The average molecular weight is 543 g/mol. The minimum absolute atomic E-state index is 0.100. The molecule has 8 heteroatoms. The van der Waals surface area contributed by atoms with Gasteiger partial charge in [0.15, 0.2) is 4.80 Å². The number of ether oxygens (including phenoxy) is 3. The van der Waals surface area contributed by atoms with Crippen molar-refractivity contribution in [2.75, 3.05) is 13.7 Å². The van der Waals surface area contributed by atoms with Gasteiger partial charge in [-0.3, -0.25) is 9.36 Å². The summed E-state index contributed by atoms with van der Waals surface area (Å²) in [6, 6.07) is 18.6. The first-order valence-corrected chi connectivity index (χ1v) is 13.7. The number of fused-ring (bicyclic) bond motifs is 2. The molecule has 0 saturated carbocycles. The number of para-hydroxylation sites is 1. The Kier molecular flexibility index (Phi) is 7.39. The lowest BCUT2D eigenvalue weighted by molar-refractivity contribution is -0.139. The van der Waals surface area contributed by atoms with Gasteiger partial charge < -0.3 is 14.2 Å². The zero-order chi connectivity index (χ0) is 27.7. The van der Waals surface area contributed by atoms with Crippen LogP contribution in [0.15, 0.2) is 81.7 Å². The van der Waals surface area contributed by atoms with Gasteiger partial charge in [0.1, 0.15) is 17.5 Å². The van der Waals surface area contributed by atoms with Crippen molar-refractivity contribution in [3.05, 3.63) is 103 Å². The van der Waals surface area contributed by atoms with Crippen LogP contribution in [0.3, 0.4) is 0 Å². The molecule has 1 atom stereocenters. The van der Waals surface area contributed by atoms with E-state index in [0.717, 1.165) is 16.3 Å². The minimum Gasteiger partial charge on any atom is -0.496 e. The van der Waals surface area contributed by atoms with Crippen molar-refractivity contribution in [3.8, 4) is 11.5 Å². The zero-order valence-corrected chi connectivity index (χ0v) is 23.4. The Balaban J connectivity index is 1.80. The van der Waals surface area contributed by atoms with Crippen LogP contribution in [-0.2, 0) is 9.53 Å². The van der Waals surface area contributed by atoms with Crippen LogP contribution in [-0.4, -0.2) is 30.4 Å². The van der Waals surface area contributed by atoms with E-state index in [-0.39, 0.29) is 18.3 Å². The topological polar surface area (TPSA) is 79.1 Å². The van der Waals surface area contributed by atoms with Gasteiger partial charge in [0, 0.05) is 11.1 Å². The van der Waals surface area contributed by atoms with Crippen molar-refractivity contribution >= 4 is 34.2 Å². The third kappa shape index (κ3) is 4.88. The Morgan fingerprint density at radius 3 is 2.56 bits per heavy atom. The summed E-state index contributed by atoms with van der Waals surface area (Å²) in [5.41, 5.74) is 2.07. The molecule has 0 spiro atoms. The number of hydrogen-bond donors (Lipinski definition) is 0. The van der Waals surface area contributed by atoms with Crippen LogP contribution in [0.25, 0.3) is 16.8 Å². The second kappa shape index (κ2) is 10.9. The van der Waals surface area contributed by atoms with Crippen LogP contribution >= 0.6 is 11.3 Å². The van der Waals surface area contributed by atoms with E-state index in [4.69, 9.17) is 19.2 Å². The van der Waals surface area contributed by atoms with E-state index in [9.17, 15) is 9.59 Å². The highest BCUT2D eigenvalue weighted by Crippen LogP contribution is 2.36. The van der Waals surface area contributed by atoms with Crippen LogP contribution in [0.2, 0.25) is 0 Å². The van der Waals surface area contributed by atoms with Crippen molar-refractivity contribution in [1.82, 2.24) is 4.57 Å². The number of methoxy groups -OCH3 is 1. The zero-order valence-electron chi connectivity index (χ0n) is 22.6. The number of allylic oxidation sites excluding steroid dienone is 1. The van der Waals surface area contributed by atoms with Crippen molar-refractivity contribution in [2.24, 2.45) is 4.99 Å². The Labute approximate surface area is 230 Å². The number of nitrogens with zero attached hydrogens (tertiary/aromatic N) is 2. The first-order valence-electron chi connectivity index (χ1n) is 12.8. The molecular weight excluding hydrogens is 512 g/mol. The lowest BCUT2D eigenvalue weighted by Crippen LogP contribution is -2.40. The van der Waals surface area contributed by atoms with Gasteiger partial charge >= 0.3 is 5.97 Å². The van der Waals surface area contributed by atoms with Crippen LogP contribution < -0.4 is 24.4 Å². The van der Waals surface area contributed by atoms with E-state index in [1.54, 1.807) is 25.5 Å². The monoisotopic (exact) mass is 542 g/mol. The smallest absolute Gasteiger partial charge is 0.338 e. The highest BCUT2D eigenvalue weighted by Gasteiger charge is 2.35. The molecule has 0 fully saturated rings. The number of aromatic nitrogens is 1. The molecule has 0 bridgehead atoms. The molecule has 0 N–H and O–H groups in total. The Morgan fingerprint density at radius 2 is 1.82 bits per heavy atom. The van der Waals surface area contributed by atoms with Crippen molar-refractivity contribution in [1.29, 1.82) is 0 Å². The number of esters is 1. The summed E-state index contributed by atoms with van der Waals surface area (Å²) < 4.78 is 19.3. The molecule has 39 heavy (non-hydrogen) atoms. The van der Waals surface area contributed by atoms with E-state index in [1.807, 2.05) is 80.6 Å². The molecule has 0 amide bonds. The SMILES string of the molecule is CCOC(=O)C1=C(C)N=c2s/c(=C\c3c(OC)ccc4ccccc34)c(=O)n2[C@@H]1c1ccccc1OC(C)C. The summed E-state index contributed by atoms with van der Waals surface area (Å²) in [7, 11) is 1.61. The predicted octanol–water partition coefficient (Wildman–Crippen LogP) is 4.75. The van der Waals surface area contributed by atoms with Crippen LogP contribution in [0.5, 0.6) is 11.5 Å². The van der Waals surface area contributed by atoms with Gasteiger partial charge in [0.2, 0.25) is 0 Å². The molecular formula is C31H30N2O5S. The molecule has 7 nitrogen and oxygen atoms in total. The number of carbonyl (C=O) groups excluding carboxylic acids is 1. The van der Waals surface area contributed by atoms with Crippen LogP contribution in [0.4, 0.5) is 0 Å². The number of carbonyl (C=O) groups is 1. The third-order valence-corrected chi connectivity index (χ3v) is 7.50. The number of thiazole rings is 1. The molecule has 4 aromatic rings. The normalized spacial score (nSPS) is 15.3. The highest BCUT2D eigenvalue weighted by molar-refractivity contribution is 7.07. The molecule has 0 unspecified atom stereocenters. The maximum atomic E-state index is 14.1. The lowest BCUT2D eigenvalue weighted by Gasteiger charge is -2.26. The van der Waals surface area contributed by atoms with Gasteiger partial charge in [-0.2, -0.15) is 0 Å². The van der Waals surface area contributed by atoms with Crippen molar-refractivity contribution in [3.63, 3.8) is 0 Å². The van der Waals surface area contributed by atoms with Crippen molar-refractivity contribution < 1.29 is 19.0 Å². The Morgan fingerprint density at radius 1 is 1.08 bits per heavy atom. The molecule has 0 radical (unpaired) electrons. The van der Waals surface area contributed by atoms with E-state index in [1.165, 1.54) is 11.3 Å². The standard InChI is InChI=1S/C31H30N2O5S/c1-6-37-30(35)27-19(4)32-31-33(28(27)22-13-9-10-14-25(22)38-18(2)3)29(34)26(39-31)17-23-21-12-8-7-11-20(21)15-16-24(23)36-5/h7-18,28H,6H2,1-5H3/b26-17-/t28-/m1/s1. The first-order chi connectivity index (χ1) is 18.8. The molecule has 1 aromatic heterocycles. The molecule has 5 rings (SSSR count). The quantitative estimate of drug-likeness (QED) is 0.315. The summed E-state index contributed by atoms with van der Waals surface area (Å²) >= 11 is 1.28. The van der Waals surface area contributed by atoms with Gasteiger partial charge in [0.05, 0.1) is 35.6 Å². The summed E-state index contributed by atoms with van der Waals surface area (Å²) in [5.74, 6) is 0.752. The first kappa shape index (κ1) is 26.4. The fraction of sp³-hybridized carbons (Fsp3) is 0.258. The van der Waals surface area contributed by atoms with E-state index < -0.39 is 12.0 Å². The fourth-order valence-electron chi connectivity index (χ4n) is 4.89. The Bertz CT molecular complexity index is 1780. The maximum Gasteiger partial charge on any atom is 0.338 e. The molecule has 200 valence electrons. The lowest BCUT2D eigenvalue weighted by atomic mass is 9.95. The van der Waals surface area contributed by atoms with E-state index >= 15 is 0 Å². The van der Waals surface area contributed by atoms with E-state index in [2.05, 4.69) is 0 Å². The van der Waals surface area contributed by atoms with Gasteiger partial charge in [-0.05, 0) is 56.7 Å². The number of benzene rings is 3.